The van der Waals surface area contributed by atoms with Crippen molar-refractivity contribution in [1.29, 1.82) is 0 Å². The van der Waals surface area contributed by atoms with Gasteiger partial charge < -0.3 is 10.6 Å². The lowest BCUT2D eigenvalue weighted by atomic mass is 10.2. The lowest BCUT2D eigenvalue weighted by molar-refractivity contribution is -0.121. The van der Waals surface area contributed by atoms with E-state index in [4.69, 9.17) is 0 Å². The molecule has 1 saturated heterocycles. The molecule has 0 unspecified atom stereocenters. The number of halogens is 1. The van der Waals surface area contributed by atoms with Crippen LogP contribution < -0.4 is 16.0 Å². The first-order valence-electron chi connectivity index (χ1n) is 5.76. The Balaban J connectivity index is 1.86. The molecule has 1 atom stereocenters. The van der Waals surface area contributed by atoms with E-state index in [2.05, 4.69) is 31.9 Å². The third-order valence-corrected chi connectivity index (χ3v) is 3.19. The third-order valence-electron chi connectivity index (χ3n) is 2.70. The Kier molecular flexibility index (Phi) is 4.33. The molecule has 0 radical (unpaired) electrons. The van der Waals surface area contributed by atoms with Gasteiger partial charge in [-0.3, -0.25) is 10.1 Å². The number of benzene rings is 1. The normalized spacial score (nSPS) is 18.4. The summed E-state index contributed by atoms with van der Waals surface area (Å²) in [6, 6.07) is 6.42. The van der Waals surface area contributed by atoms with E-state index in [1.165, 1.54) is 0 Å². The third kappa shape index (κ3) is 3.54. The van der Waals surface area contributed by atoms with Crippen LogP contribution in [0, 0.1) is 0 Å². The first-order valence-corrected chi connectivity index (χ1v) is 6.55. The molecular weight excluding hydrogens is 298 g/mol. The molecule has 1 fully saturated rings. The van der Waals surface area contributed by atoms with Crippen molar-refractivity contribution in [3.05, 3.63) is 28.7 Å². The van der Waals surface area contributed by atoms with Gasteiger partial charge in [-0.25, -0.2) is 4.79 Å². The van der Waals surface area contributed by atoms with Crippen molar-refractivity contribution in [2.24, 2.45) is 0 Å². The molecule has 18 heavy (non-hydrogen) atoms. The number of carbonyl (C=O) groups excluding carboxylic acids is 2. The lowest BCUT2D eigenvalue weighted by Crippen LogP contribution is -2.44. The van der Waals surface area contributed by atoms with Crippen LogP contribution in [0.2, 0.25) is 0 Å². The summed E-state index contributed by atoms with van der Waals surface area (Å²) in [4.78, 5) is 23.3. The van der Waals surface area contributed by atoms with Crippen LogP contribution in [-0.2, 0) is 4.79 Å². The molecule has 0 spiro atoms. The van der Waals surface area contributed by atoms with Crippen LogP contribution in [0.4, 0.5) is 10.5 Å². The number of hydrogen-bond donors (Lipinski definition) is 3. The van der Waals surface area contributed by atoms with Crippen molar-refractivity contribution in [2.75, 3.05) is 11.9 Å². The molecule has 6 heteroatoms. The molecular formula is C12H14BrN3O2. The summed E-state index contributed by atoms with van der Waals surface area (Å²) in [5.41, 5.74) is 0.633. The second kappa shape index (κ2) is 5.97. The van der Waals surface area contributed by atoms with Crippen molar-refractivity contribution >= 4 is 33.6 Å². The van der Waals surface area contributed by atoms with E-state index in [0.717, 1.165) is 23.9 Å². The van der Waals surface area contributed by atoms with Gasteiger partial charge in [0.15, 0.2) is 0 Å². The van der Waals surface area contributed by atoms with Crippen molar-refractivity contribution < 1.29 is 9.59 Å². The summed E-state index contributed by atoms with van der Waals surface area (Å²) in [5.74, 6) is -0.278. The maximum Gasteiger partial charge on any atom is 0.325 e. The standard InChI is InChI=1S/C12H14BrN3O2/c13-8-3-1-4-9(7-8)15-12(18)16-11(17)10-5-2-6-14-10/h1,3-4,7,10,14H,2,5-6H2,(H2,15,16,17,18)/t10-/m0/s1. The Labute approximate surface area is 113 Å². The monoisotopic (exact) mass is 311 g/mol. The maximum atomic E-state index is 11.7. The molecule has 96 valence electrons. The zero-order valence-corrected chi connectivity index (χ0v) is 11.3. The highest BCUT2D eigenvalue weighted by Crippen LogP contribution is 2.15. The van der Waals surface area contributed by atoms with E-state index in [9.17, 15) is 9.59 Å². The fourth-order valence-corrected chi connectivity index (χ4v) is 2.24. The van der Waals surface area contributed by atoms with E-state index < -0.39 is 6.03 Å². The largest absolute Gasteiger partial charge is 0.325 e. The SMILES string of the molecule is O=C(NC(=O)[C@@H]1CCCN1)Nc1cccc(Br)c1. The van der Waals surface area contributed by atoms with Gasteiger partial charge in [0, 0.05) is 10.2 Å². The minimum atomic E-state index is -0.508. The smallest absolute Gasteiger partial charge is 0.308 e. The number of amides is 3. The Hall–Kier alpha value is -1.40. The first-order chi connectivity index (χ1) is 8.65. The number of rotatable bonds is 2. The van der Waals surface area contributed by atoms with Gasteiger partial charge in [0.1, 0.15) is 0 Å². The fraction of sp³-hybridized carbons (Fsp3) is 0.333. The fourth-order valence-electron chi connectivity index (χ4n) is 1.84. The Bertz CT molecular complexity index is 458. The van der Waals surface area contributed by atoms with Crippen LogP contribution >= 0.6 is 15.9 Å². The predicted molar refractivity (Wildman–Crippen MR) is 72.3 cm³/mol. The number of hydrogen-bond acceptors (Lipinski definition) is 3. The molecule has 1 aliphatic rings. The summed E-state index contributed by atoms with van der Waals surface area (Å²) in [6.07, 6.45) is 1.74. The number of imide groups is 1. The van der Waals surface area contributed by atoms with Crippen LogP contribution in [0.15, 0.2) is 28.7 Å². The number of urea groups is 1. The minimum Gasteiger partial charge on any atom is -0.308 e. The zero-order chi connectivity index (χ0) is 13.0. The van der Waals surface area contributed by atoms with Gasteiger partial charge in [0.25, 0.3) is 0 Å². The summed E-state index contributed by atoms with van der Waals surface area (Å²) < 4.78 is 0.865. The number of anilines is 1. The van der Waals surface area contributed by atoms with Gasteiger partial charge in [-0.2, -0.15) is 0 Å². The molecule has 0 bridgehead atoms. The Morgan fingerprint density at radius 2 is 2.22 bits per heavy atom. The van der Waals surface area contributed by atoms with Crippen LogP contribution in [0.5, 0.6) is 0 Å². The topological polar surface area (TPSA) is 70.2 Å². The molecule has 1 heterocycles. The Morgan fingerprint density at radius 3 is 2.89 bits per heavy atom. The van der Waals surface area contributed by atoms with Crippen LogP contribution in [-0.4, -0.2) is 24.5 Å². The number of nitrogens with one attached hydrogen (secondary N) is 3. The highest BCUT2D eigenvalue weighted by molar-refractivity contribution is 9.10. The van der Waals surface area contributed by atoms with Gasteiger partial charge in [-0.15, -0.1) is 0 Å². The molecule has 3 N–H and O–H groups in total. The molecule has 3 amide bonds. The molecule has 0 aromatic heterocycles. The Morgan fingerprint density at radius 1 is 1.39 bits per heavy atom. The van der Waals surface area contributed by atoms with Crippen molar-refractivity contribution in [3.63, 3.8) is 0 Å². The average Bonchev–Trinajstić information content (AvgIpc) is 2.81. The van der Waals surface area contributed by atoms with E-state index in [1.54, 1.807) is 18.2 Å². The van der Waals surface area contributed by atoms with E-state index in [0.29, 0.717) is 5.69 Å². The average molecular weight is 312 g/mol. The zero-order valence-electron chi connectivity index (χ0n) is 9.70. The van der Waals surface area contributed by atoms with E-state index >= 15 is 0 Å². The second-order valence-electron chi connectivity index (χ2n) is 4.10. The molecule has 1 aromatic rings. The summed E-state index contributed by atoms with van der Waals surface area (Å²) in [5, 5.41) is 7.97. The van der Waals surface area contributed by atoms with E-state index in [-0.39, 0.29) is 11.9 Å². The van der Waals surface area contributed by atoms with Crippen molar-refractivity contribution in [1.82, 2.24) is 10.6 Å². The maximum absolute atomic E-state index is 11.7. The highest BCUT2D eigenvalue weighted by atomic mass is 79.9. The lowest BCUT2D eigenvalue weighted by Gasteiger charge is -2.11. The summed E-state index contributed by atoms with van der Waals surface area (Å²) in [6.45, 7) is 0.825. The van der Waals surface area contributed by atoms with Crippen molar-refractivity contribution in [2.45, 2.75) is 18.9 Å². The van der Waals surface area contributed by atoms with Gasteiger partial charge >= 0.3 is 6.03 Å². The molecule has 1 aliphatic heterocycles. The molecule has 2 rings (SSSR count). The number of carbonyl (C=O) groups is 2. The summed E-state index contributed by atoms with van der Waals surface area (Å²) in [7, 11) is 0. The van der Waals surface area contributed by atoms with Gasteiger partial charge in [-0.05, 0) is 37.6 Å². The second-order valence-corrected chi connectivity index (χ2v) is 5.02. The summed E-state index contributed by atoms with van der Waals surface area (Å²) >= 11 is 3.31. The van der Waals surface area contributed by atoms with Crippen molar-refractivity contribution in [3.8, 4) is 0 Å². The van der Waals surface area contributed by atoms with Crippen LogP contribution in [0.3, 0.4) is 0 Å². The predicted octanol–water partition coefficient (Wildman–Crippen LogP) is 1.85. The van der Waals surface area contributed by atoms with Gasteiger partial charge in [-0.1, -0.05) is 22.0 Å². The van der Waals surface area contributed by atoms with Crippen LogP contribution in [0.25, 0.3) is 0 Å². The molecule has 5 nitrogen and oxygen atoms in total. The van der Waals surface area contributed by atoms with Gasteiger partial charge in [0.2, 0.25) is 5.91 Å². The quantitative estimate of drug-likeness (QED) is 0.780. The molecule has 0 aliphatic carbocycles. The van der Waals surface area contributed by atoms with E-state index in [1.807, 2.05) is 6.07 Å². The molecule has 0 saturated carbocycles. The minimum absolute atomic E-state index is 0.252. The molecule has 1 aromatic carbocycles. The highest BCUT2D eigenvalue weighted by Gasteiger charge is 2.23. The van der Waals surface area contributed by atoms with Gasteiger partial charge in [0.05, 0.1) is 6.04 Å². The van der Waals surface area contributed by atoms with Crippen LogP contribution in [0.1, 0.15) is 12.8 Å². The first kappa shape index (κ1) is 13.0.